The lowest BCUT2D eigenvalue weighted by Gasteiger charge is -2.14. The van der Waals surface area contributed by atoms with E-state index in [4.69, 9.17) is 0 Å². The van der Waals surface area contributed by atoms with Crippen molar-refractivity contribution in [3.8, 4) is 0 Å². The van der Waals surface area contributed by atoms with Crippen LogP contribution in [-0.4, -0.2) is 26.3 Å². The fraction of sp³-hybridized carbons (Fsp3) is 0.105. The fourth-order valence-electron chi connectivity index (χ4n) is 2.87. The van der Waals surface area contributed by atoms with Crippen molar-refractivity contribution in [2.45, 2.75) is 6.10 Å². The number of aromatic nitrogens is 2. The van der Waals surface area contributed by atoms with Crippen LogP contribution in [0.2, 0.25) is 0 Å². The zero-order valence-electron chi connectivity index (χ0n) is 13.2. The number of hydrogen-bond acceptors (Lipinski definition) is 5. The fourth-order valence-corrected chi connectivity index (χ4v) is 3.38. The molecule has 6 heteroatoms. The van der Waals surface area contributed by atoms with Gasteiger partial charge in [-0.15, -0.1) is 0 Å². The number of aliphatic hydroxyl groups excluding tert-OH is 1. The Morgan fingerprint density at radius 3 is 2.76 bits per heavy atom. The lowest BCUT2D eigenvalue weighted by atomic mass is 10.0. The van der Waals surface area contributed by atoms with E-state index < -0.39 is 6.10 Å². The molecule has 2 N–H and O–H groups in total. The topological polar surface area (TPSA) is 75.1 Å². The lowest BCUT2D eigenvalue weighted by Crippen LogP contribution is -2.28. The molecule has 0 spiro atoms. The molecule has 4 rings (SSSR count). The van der Waals surface area contributed by atoms with Gasteiger partial charge < -0.3 is 10.4 Å². The molecule has 25 heavy (non-hydrogen) atoms. The second kappa shape index (κ2) is 6.58. The molecule has 1 aromatic heterocycles. The summed E-state index contributed by atoms with van der Waals surface area (Å²) in [6.45, 7) is 0.139. The van der Waals surface area contributed by atoms with Crippen molar-refractivity contribution in [3.63, 3.8) is 0 Å². The van der Waals surface area contributed by atoms with Gasteiger partial charge in [0.1, 0.15) is 11.0 Å². The van der Waals surface area contributed by atoms with E-state index in [1.54, 1.807) is 18.2 Å². The van der Waals surface area contributed by atoms with Crippen LogP contribution in [0.25, 0.3) is 21.8 Å². The maximum atomic E-state index is 12.3. The van der Waals surface area contributed by atoms with Gasteiger partial charge in [0.25, 0.3) is 5.91 Å². The summed E-state index contributed by atoms with van der Waals surface area (Å²) in [5, 5.41) is 15.4. The van der Waals surface area contributed by atoms with Crippen LogP contribution >= 0.6 is 11.7 Å². The van der Waals surface area contributed by atoms with Gasteiger partial charge in [-0.3, -0.25) is 4.79 Å². The van der Waals surface area contributed by atoms with Gasteiger partial charge in [0.05, 0.1) is 17.8 Å². The third-order valence-corrected chi connectivity index (χ3v) is 4.71. The van der Waals surface area contributed by atoms with Crippen LogP contribution in [-0.2, 0) is 0 Å². The van der Waals surface area contributed by atoms with Crippen molar-refractivity contribution in [1.82, 2.24) is 14.1 Å². The summed E-state index contributed by atoms with van der Waals surface area (Å²) in [5.74, 6) is -0.241. The first-order chi connectivity index (χ1) is 12.2. The SMILES string of the molecule is O=C(NC[C@H](O)c1cccc2ccccc12)c1ccc2nsnc2c1. The van der Waals surface area contributed by atoms with Crippen LogP contribution < -0.4 is 5.32 Å². The van der Waals surface area contributed by atoms with Gasteiger partial charge in [0, 0.05) is 12.1 Å². The average Bonchev–Trinajstić information content (AvgIpc) is 3.13. The summed E-state index contributed by atoms with van der Waals surface area (Å²) in [6, 6.07) is 18.9. The second-order valence-electron chi connectivity index (χ2n) is 5.76. The number of fused-ring (bicyclic) bond motifs is 2. The van der Waals surface area contributed by atoms with Crippen LogP contribution in [0, 0.1) is 0 Å². The maximum absolute atomic E-state index is 12.3. The van der Waals surface area contributed by atoms with Crippen LogP contribution in [0.5, 0.6) is 0 Å². The number of nitrogens with one attached hydrogen (secondary N) is 1. The molecule has 0 radical (unpaired) electrons. The summed E-state index contributed by atoms with van der Waals surface area (Å²) < 4.78 is 8.26. The van der Waals surface area contributed by atoms with Gasteiger partial charge in [0.2, 0.25) is 0 Å². The summed E-state index contributed by atoms with van der Waals surface area (Å²) in [4.78, 5) is 12.3. The minimum Gasteiger partial charge on any atom is -0.387 e. The molecule has 124 valence electrons. The first-order valence-corrected chi connectivity index (χ1v) is 8.61. The smallest absolute Gasteiger partial charge is 0.251 e. The van der Waals surface area contributed by atoms with E-state index in [9.17, 15) is 9.90 Å². The predicted octanol–water partition coefficient (Wildman–Crippen LogP) is 3.31. The lowest BCUT2D eigenvalue weighted by molar-refractivity contribution is 0.0917. The summed E-state index contributed by atoms with van der Waals surface area (Å²) in [5.41, 5.74) is 2.78. The Morgan fingerprint density at radius 2 is 1.84 bits per heavy atom. The molecule has 1 amide bonds. The first-order valence-electron chi connectivity index (χ1n) is 7.88. The number of rotatable bonds is 4. The number of amides is 1. The number of hydrogen-bond donors (Lipinski definition) is 2. The van der Waals surface area contributed by atoms with E-state index in [1.807, 2.05) is 42.5 Å². The molecule has 4 aromatic rings. The molecule has 0 unspecified atom stereocenters. The first kappa shape index (κ1) is 15.7. The van der Waals surface area contributed by atoms with Crippen LogP contribution in [0.4, 0.5) is 0 Å². The van der Waals surface area contributed by atoms with Crippen molar-refractivity contribution in [2.75, 3.05) is 6.54 Å². The Labute approximate surface area is 148 Å². The monoisotopic (exact) mass is 349 g/mol. The summed E-state index contributed by atoms with van der Waals surface area (Å²) in [6.07, 6.45) is -0.778. The average molecular weight is 349 g/mol. The predicted molar refractivity (Wildman–Crippen MR) is 98.7 cm³/mol. The zero-order chi connectivity index (χ0) is 17.2. The highest BCUT2D eigenvalue weighted by Crippen LogP contribution is 2.24. The zero-order valence-corrected chi connectivity index (χ0v) is 14.0. The number of benzene rings is 3. The minimum absolute atomic E-state index is 0.139. The van der Waals surface area contributed by atoms with Gasteiger partial charge in [0.15, 0.2) is 0 Å². The molecular weight excluding hydrogens is 334 g/mol. The number of aliphatic hydroxyl groups is 1. The molecule has 5 nitrogen and oxygen atoms in total. The van der Waals surface area contributed by atoms with E-state index in [1.165, 1.54) is 0 Å². The van der Waals surface area contributed by atoms with Crippen LogP contribution in [0.3, 0.4) is 0 Å². The molecule has 0 saturated carbocycles. The third-order valence-electron chi connectivity index (χ3n) is 4.15. The molecule has 1 atom stereocenters. The van der Waals surface area contributed by atoms with E-state index in [0.29, 0.717) is 11.1 Å². The Hall–Kier alpha value is -2.83. The highest BCUT2D eigenvalue weighted by Gasteiger charge is 2.14. The van der Waals surface area contributed by atoms with Crippen LogP contribution in [0.15, 0.2) is 60.7 Å². The second-order valence-corrected chi connectivity index (χ2v) is 6.29. The third kappa shape index (κ3) is 3.09. The molecule has 0 saturated heterocycles. The Kier molecular flexibility index (Phi) is 4.13. The van der Waals surface area contributed by atoms with Crippen molar-refractivity contribution < 1.29 is 9.90 Å². The molecule has 3 aromatic carbocycles. The quantitative estimate of drug-likeness (QED) is 0.593. The van der Waals surface area contributed by atoms with Crippen LogP contribution in [0.1, 0.15) is 22.0 Å². The number of carbonyl (C=O) groups excluding carboxylic acids is 1. The largest absolute Gasteiger partial charge is 0.387 e. The molecule has 0 bridgehead atoms. The normalized spacial score (nSPS) is 12.4. The molecule has 1 heterocycles. The Balaban J connectivity index is 1.50. The van der Waals surface area contributed by atoms with E-state index in [2.05, 4.69) is 14.1 Å². The van der Waals surface area contributed by atoms with Gasteiger partial charge >= 0.3 is 0 Å². The van der Waals surface area contributed by atoms with Crippen molar-refractivity contribution in [2.24, 2.45) is 0 Å². The van der Waals surface area contributed by atoms with Gasteiger partial charge in [-0.05, 0) is 34.5 Å². The summed E-state index contributed by atoms with van der Waals surface area (Å²) >= 11 is 1.12. The Bertz CT molecular complexity index is 1060. The maximum Gasteiger partial charge on any atom is 0.251 e. The molecule has 0 aliphatic rings. The number of carbonyl (C=O) groups is 1. The van der Waals surface area contributed by atoms with Gasteiger partial charge in [-0.25, -0.2) is 0 Å². The van der Waals surface area contributed by atoms with E-state index in [-0.39, 0.29) is 12.5 Å². The standard InChI is InChI=1S/C19H15N3O2S/c23-18(15-7-3-5-12-4-1-2-6-14(12)15)11-20-19(24)13-8-9-16-17(10-13)22-25-21-16/h1-10,18,23H,11H2,(H,20,24)/t18-/m0/s1. The highest BCUT2D eigenvalue weighted by atomic mass is 32.1. The highest BCUT2D eigenvalue weighted by molar-refractivity contribution is 7.00. The number of nitrogens with zero attached hydrogens (tertiary/aromatic N) is 2. The van der Waals surface area contributed by atoms with E-state index in [0.717, 1.165) is 33.6 Å². The van der Waals surface area contributed by atoms with Gasteiger partial charge in [-0.1, -0.05) is 42.5 Å². The van der Waals surface area contributed by atoms with Crippen molar-refractivity contribution in [3.05, 3.63) is 71.8 Å². The molecule has 0 aliphatic carbocycles. The van der Waals surface area contributed by atoms with E-state index >= 15 is 0 Å². The van der Waals surface area contributed by atoms with Crippen molar-refractivity contribution >= 4 is 39.4 Å². The summed E-state index contributed by atoms with van der Waals surface area (Å²) in [7, 11) is 0. The molecule has 0 aliphatic heterocycles. The van der Waals surface area contributed by atoms with Crippen molar-refractivity contribution in [1.29, 1.82) is 0 Å². The van der Waals surface area contributed by atoms with Gasteiger partial charge in [-0.2, -0.15) is 8.75 Å². The Morgan fingerprint density at radius 1 is 1.04 bits per heavy atom. The minimum atomic E-state index is -0.778. The molecule has 0 fully saturated rings. The molecular formula is C19H15N3O2S.